The number of imidazole rings is 1. The summed E-state index contributed by atoms with van der Waals surface area (Å²) in [7, 11) is 1.94. The maximum Gasteiger partial charge on any atom is 0.176 e. The van der Waals surface area contributed by atoms with Crippen LogP contribution in [0.1, 0.15) is 11.3 Å². The van der Waals surface area contributed by atoms with Crippen molar-refractivity contribution < 1.29 is 4.42 Å². The van der Waals surface area contributed by atoms with Gasteiger partial charge in [0.1, 0.15) is 5.76 Å². The standard InChI is InChI=1S/C14H11N3O/c1-9-3-6-13(18-9)14-16-11-7-10(8-15)4-5-12(11)17(14)2/h3-7H,1-2H3. The fraction of sp³-hybridized carbons (Fsp3) is 0.143. The number of hydrogen-bond acceptors (Lipinski definition) is 3. The van der Waals surface area contributed by atoms with E-state index in [1.165, 1.54) is 0 Å². The first-order chi connectivity index (χ1) is 8.69. The second-order valence-corrected chi connectivity index (χ2v) is 4.22. The summed E-state index contributed by atoms with van der Waals surface area (Å²) < 4.78 is 7.56. The van der Waals surface area contributed by atoms with Crippen LogP contribution in [0.3, 0.4) is 0 Å². The largest absolute Gasteiger partial charge is 0.458 e. The minimum atomic E-state index is 0.614. The number of hydrogen-bond donors (Lipinski definition) is 0. The molecule has 2 aromatic heterocycles. The van der Waals surface area contributed by atoms with Crippen LogP contribution in [0.4, 0.5) is 0 Å². The van der Waals surface area contributed by atoms with Crippen molar-refractivity contribution in [1.82, 2.24) is 9.55 Å². The molecular weight excluding hydrogens is 226 g/mol. The van der Waals surface area contributed by atoms with Gasteiger partial charge in [-0.25, -0.2) is 4.98 Å². The number of nitriles is 1. The molecule has 0 fully saturated rings. The minimum Gasteiger partial charge on any atom is -0.458 e. The van der Waals surface area contributed by atoms with Gasteiger partial charge in [-0.2, -0.15) is 5.26 Å². The van der Waals surface area contributed by atoms with Crippen molar-refractivity contribution in [2.75, 3.05) is 0 Å². The van der Waals surface area contributed by atoms with Crippen molar-refractivity contribution in [3.63, 3.8) is 0 Å². The zero-order valence-corrected chi connectivity index (χ0v) is 10.1. The Balaban J connectivity index is 2.26. The van der Waals surface area contributed by atoms with Gasteiger partial charge in [0.15, 0.2) is 11.6 Å². The van der Waals surface area contributed by atoms with Crippen LogP contribution in [0.2, 0.25) is 0 Å². The molecule has 18 heavy (non-hydrogen) atoms. The first kappa shape index (κ1) is 10.6. The molecule has 0 aliphatic rings. The zero-order valence-electron chi connectivity index (χ0n) is 10.1. The van der Waals surface area contributed by atoms with Crippen molar-refractivity contribution in [1.29, 1.82) is 5.26 Å². The van der Waals surface area contributed by atoms with Crippen molar-refractivity contribution in [2.45, 2.75) is 6.92 Å². The molecule has 0 N–H and O–H groups in total. The molecule has 0 atom stereocenters. The lowest BCUT2D eigenvalue weighted by Crippen LogP contribution is -1.90. The van der Waals surface area contributed by atoms with E-state index in [2.05, 4.69) is 11.1 Å². The number of nitrogens with zero attached hydrogens (tertiary/aromatic N) is 3. The predicted molar refractivity (Wildman–Crippen MR) is 67.9 cm³/mol. The number of fused-ring (bicyclic) bond motifs is 1. The average Bonchev–Trinajstić information content (AvgIpc) is 2.93. The summed E-state index contributed by atoms with van der Waals surface area (Å²) in [6, 6.07) is 11.4. The quantitative estimate of drug-likeness (QED) is 0.653. The van der Waals surface area contributed by atoms with Gasteiger partial charge in [0.25, 0.3) is 0 Å². The van der Waals surface area contributed by atoms with E-state index in [9.17, 15) is 0 Å². The van der Waals surface area contributed by atoms with E-state index >= 15 is 0 Å². The van der Waals surface area contributed by atoms with Crippen molar-refractivity contribution in [2.24, 2.45) is 7.05 Å². The first-order valence-corrected chi connectivity index (χ1v) is 5.62. The fourth-order valence-corrected chi connectivity index (χ4v) is 2.04. The van der Waals surface area contributed by atoms with Crippen LogP contribution in [0, 0.1) is 18.3 Å². The molecule has 4 nitrogen and oxygen atoms in total. The van der Waals surface area contributed by atoms with Crippen molar-refractivity contribution in [3.8, 4) is 17.7 Å². The highest BCUT2D eigenvalue weighted by Crippen LogP contribution is 2.25. The van der Waals surface area contributed by atoms with Gasteiger partial charge in [0.2, 0.25) is 0 Å². The number of aryl methyl sites for hydroxylation is 2. The highest BCUT2D eigenvalue weighted by Gasteiger charge is 2.12. The summed E-state index contributed by atoms with van der Waals surface area (Å²) >= 11 is 0. The molecule has 4 heteroatoms. The molecule has 3 rings (SSSR count). The number of aromatic nitrogens is 2. The third-order valence-corrected chi connectivity index (χ3v) is 2.97. The molecule has 3 aromatic rings. The highest BCUT2D eigenvalue weighted by atomic mass is 16.3. The third kappa shape index (κ3) is 1.49. The number of rotatable bonds is 1. The van der Waals surface area contributed by atoms with Gasteiger partial charge in [0, 0.05) is 7.05 Å². The van der Waals surface area contributed by atoms with E-state index in [1.807, 2.05) is 36.7 Å². The molecule has 0 spiro atoms. The first-order valence-electron chi connectivity index (χ1n) is 5.62. The Labute approximate surface area is 104 Å². The highest BCUT2D eigenvalue weighted by molar-refractivity contribution is 5.81. The summed E-state index contributed by atoms with van der Waals surface area (Å²) in [5.74, 6) is 2.37. The normalized spacial score (nSPS) is 10.7. The topological polar surface area (TPSA) is 54.8 Å². The Bertz CT molecular complexity index is 774. The van der Waals surface area contributed by atoms with Crippen LogP contribution < -0.4 is 0 Å². The van der Waals surface area contributed by atoms with Crippen LogP contribution in [0.5, 0.6) is 0 Å². The molecule has 1 aromatic carbocycles. The second-order valence-electron chi connectivity index (χ2n) is 4.22. The Kier molecular flexibility index (Phi) is 2.20. The average molecular weight is 237 g/mol. The van der Waals surface area contributed by atoms with E-state index in [0.717, 1.165) is 28.4 Å². The molecule has 0 radical (unpaired) electrons. The molecule has 0 saturated heterocycles. The van der Waals surface area contributed by atoms with Crippen LogP contribution in [-0.4, -0.2) is 9.55 Å². The van der Waals surface area contributed by atoms with E-state index in [-0.39, 0.29) is 0 Å². The zero-order chi connectivity index (χ0) is 12.7. The van der Waals surface area contributed by atoms with Gasteiger partial charge in [0.05, 0.1) is 22.7 Å². The predicted octanol–water partition coefficient (Wildman–Crippen LogP) is 3.01. The van der Waals surface area contributed by atoms with Gasteiger partial charge < -0.3 is 8.98 Å². The van der Waals surface area contributed by atoms with E-state index in [1.54, 1.807) is 12.1 Å². The van der Waals surface area contributed by atoms with E-state index in [4.69, 9.17) is 9.68 Å². The number of benzene rings is 1. The van der Waals surface area contributed by atoms with E-state index < -0.39 is 0 Å². The number of furan rings is 1. The maximum absolute atomic E-state index is 8.89. The molecule has 0 bridgehead atoms. The Hall–Kier alpha value is -2.54. The molecule has 2 heterocycles. The Morgan fingerprint density at radius 2 is 2.11 bits per heavy atom. The maximum atomic E-state index is 8.89. The Morgan fingerprint density at radius 3 is 2.78 bits per heavy atom. The molecule has 0 aliphatic heterocycles. The summed E-state index contributed by atoms with van der Waals surface area (Å²) in [5, 5.41) is 8.89. The lowest BCUT2D eigenvalue weighted by atomic mass is 10.2. The van der Waals surface area contributed by atoms with Crippen LogP contribution >= 0.6 is 0 Å². The van der Waals surface area contributed by atoms with E-state index in [0.29, 0.717) is 5.56 Å². The van der Waals surface area contributed by atoms with Gasteiger partial charge in [-0.3, -0.25) is 0 Å². The second kappa shape index (κ2) is 3.74. The molecule has 0 aliphatic carbocycles. The third-order valence-electron chi connectivity index (χ3n) is 2.97. The molecular formula is C14H11N3O. The van der Waals surface area contributed by atoms with Gasteiger partial charge in [-0.1, -0.05) is 0 Å². The smallest absolute Gasteiger partial charge is 0.176 e. The Morgan fingerprint density at radius 1 is 1.28 bits per heavy atom. The van der Waals surface area contributed by atoms with Crippen LogP contribution in [-0.2, 0) is 7.05 Å². The molecule has 0 unspecified atom stereocenters. The fourth-order valence-electron chi connectivity index (χ4n) is 2.04. The van der Waals surface area contributed by atoms with Crippen LogP contribution in [0.25, 0.3) is 22.6 Å². The van der Waals surface area contributed by atoms with Gasteiger partial charge >= 0.3 is 0 Å². The lowest BCUT2D eigenvalue weighted by molar-refractivity contribution is 0.542. The SMILES string of the molecule is Cc1ccc(-c2nc3cc(C#N)ccc3n2C)o1. The van der Waals surface area contributed by atoms with Crippen LogP contribution in [0.15, 0.2) is 34.7 Å². The summed E-state index contributed by atoms with van der Waals surface area (Å²) in [5.41, 5.74) is 2.40. The lowest BCUT2D eigenvalue weighted by Gasteiger charge is -1.98. The summed E-state index contributed by atoms with van der Waals surface area (Å²) in [6.07, 6.45) is 0. The molecule has 0 saturated carbocycles. The minimum absolute atomic E-state index is 0.614. The monoisotopic (exact) mass is 237 g/mol. The van der Waals surface area contributed by atoms with Gasteiger partial charge in [-0.05, 0) is 37.3 Å². The molecule has 0 amide bonds. The molecule has 88 valence electrons. The summed E-state index contributed by atoms with van der Waals surface area (Å²) in [4.78, 5) is 4.52. The van der Waals surface area contributed by atoms with Gasteiger partial charge in [-0.15, -0.1) is 0 Å². The summed E-state index contributed by atoms with van der Waals surface area (Å²) in [6.45, 7) is 1.90. The van der Waals surface area contributed by atoms with Crippen molar-refractivity contribution >= 4 is 11.0 Å². The van der Waals surface area contributed by atoms with Crippen molar-refractivity contribution in [3.05, 3.63) is 41.7 Å².